The zero-order chi connectivity index (χ0) is 16.5. The monoisotopic (exact) mass is 311 g/mol. The van der Waals surface area contributed by atoms with Crippen LogP contribution >= 0.6 is 0 Å². The highest BCUT2D eigenvalue weighted by molar-refractivity contribution is 5.78. The lowest BCUT2D eigenvalue weighted by atomic mass is 10.0. The second kappa shape index (κ2) is 17.0. The van der Waals surface area contributed by atoms with E-state index in [1.54, 1.807) is 0 Å². The Balaban J connectivity index is 3.09. The van der Waals surface area contributed by atoms with Gasteiger partial charge in [0.2, 0.25) is 0 Å². The lowest BCUT2D eigenvalue weighted by molar-refractivity contribution is -0.119. The second-order valence-corrected chi connectivity index (χ2v) is 7.08. The van der Waals surface area contributed by atoms with Gasteiger partial charge in [0.1, 0.15) is 5.78 Å². The molecule has 0 unspecified atom stereocenters. The summed E-state index contributed by atoms with van der Waals surface area (Å²) in [5, 5.41) is 0. The number of nitrogens with zero attached hydrogens (tertiary/aromatic N) is 1. The lowest BCUT2D eigenvalue weighted by Crippen LogP contribution is -2.16. The fraction of sp³-hybridized carbons (Fsp3) is 0.950. The highest BCUT2D eigenvalue weighted by Crippen LogP contribution is 2.13. The van der Waals surface area contributed by atoms with Crippen molar-refractivity contribution in [3.05, 3.63) is 0 Å². The van der Waals surface area contributed by atoms with E-state index in [2.05, 4.69) is 11.8 Å². The first-order valence-electron chi connectivity index (χ1n) is 9.83. The van der Waals surface area contributed by atoms with E-state index in [-0.39, 0.29) is 0 Å². The van der Waals surface area contributed by atoms with Crippen LogP contribution in [0.5, 0.6) is 0 Å². The molecule has 0 saturated carbocycles. The maximum absolute atomic E-state index is 11.6. The van der Waals surface area contributed by atoms with Crippen LogP contribution in [0.15, 0.2) is 0 Å². The molecule has 0 radical (unpaired) electrons. The van der Waals surface area contributed by atoms with Crippen LogP contribution in [0.4, 0.5) is 0 Å². The normalized spacial score (nSPS) is 11.3. The van der Waals surface area contributed by atoms with Crippen molar-refractivity contribution in [3.8, 4) is 0 Å². The van der Waals surface area contributed by atoms with E-state index in [0.29, 0.717) is 5.78 Å². The highest BCUT2D eigenvalue weighted by Gasteiger charge is 2.02. The molecule has 0 bridgehead atoms. The summed E-state index contributed by atoms with van der Waals surface area (Å²) in [6.07, 6.45) is 19.3. The molecule has 0 saturated heterocycles. The molecule has 0 aromatic heterocycles. The molecular weight excluding hydrogens is 270 g/mol. The number of rotatable bonds is 17. The Morgan fingerprint density at radius 1 is 0.636 bits per heavy atom. The first-order chi connectivity index (χ1) is 10.7. The van der Waals surface area contributed by atoms with Crippen LogP contribution in [0.25, 0.3) is 0 Å². The van der Waals surface area contributed by atoms with Crippen molar-refractivity contribution in [2.24, 2.45) is 0 Å². The van der Waals surface area contributed by atoms with Gasteiger partial charge in [0.05, 0.1) is 0 Å². The van der Waals surface area contributed by atoms with Crippen LogP contribution < -0.4 is 0 Å². The van der Waals surface area contributed by atoms with Gasteiger partial charge in [-0.3, -0.25) is 4.79 Å². The van der Waals surface area contributed by atoms with Crippen LogP contribution in [0, 0.1) is 0 Å². The molecule has 0 heterocycles. The van der Waals surface area contributed by atoms with Crippen LogP contribution in [0.2, 0.25) is 0 Å². The largest absolute Gasteiger partial charge is 0.309 e. The van der Waals surface area contributed by atoms with Gasteiger partial charge in [-0.2, -0.15) is 0 Å². The Kier molecular flexibility index (Phi) is 16.7. The number of Topliss-reactive ketones (excluding diaryl/α,β-unsaturated/α-hetero) is 1. The van der Waals surface area contributed by atoms with Crippen LogP contribution in [-0.2, 0) is 4.79 Å². The molecule has 22 heavy (non-hydrogen) atoms. The predicted octanol–water partition coefficient (Wildman–Crippen LogP) is 5.99. The number of unbranched alkanes of at least 4 members (excludes halogenated alkanes) is 12. The Morgan fingerprint density at radius 3 is 1.45 bits per heavy atom. The maximum Gasteiger partial charge on any atom is 0.134 e. The third kappa shape index (κ3) is 17.7. The summed E-state index contributed by atoms with van der Waals surface area (Å²) in [7, 11) is 4.05. The summed E-state index contributed by atoms with van der Waals surface area (Å²) in [6.45, 7) is 3.18. The maximum atomic E-state index is 11.6. The van der Waals surface area contributed by atoms with Crippen LogP contribution in [0.3, 0.4) is 0 Å². The molecule has 0 aliphatic rings. The van der Waals surface area contributed by atoms with Gasteiger partial charge in [0.25, 0.3) is 0 Å². The van der Waals surface area contributed by atoms with Crippen molar-refractivity contribution in [3.63, 3.8) is 0 Å². The zero-order valence-corrected chi connectivity index (χ0v) is 15.7. The molecule has 0 aliphatic carbocycles. The number of hydrogen-bond donors (Lipinski definition) is 0. The molecule has 0 rings (SSSR count). The standard InChI is InChI=1S/C20H41NO/c1-4-5-6-7-8-9-10-11-12-13-14-15-16-17-20(22)18-19-21(2)3/h4-19H2,1-3H3. The van der Waals surface area contributed by atoms with Gasteiger partial charge in [0, 0.05) is 19.4 Å². The Hall–Kier alpha value is -0.370. The third-order valence-corrected chi connectivity index (χ3v) is 4.40. The third-order valence-electron chi connectivity index (χ3n) is 4.40. The second-order valence-electron chi connectivity index (χ2n) is 7.08. The van der Waals surface area contributed by atoms with Gasteiger partial charge in [-0.15, -0.1) is 0 Å². The average Bonchev–Trinajstić information content (AvgIpc) is 2.49. The molecule has 0 fully saturated rings. The minimum atomic E-state index is 0.441. The van der Waals surface area contributed by atoms with Crippen molar-refractivity contribution in [2.45, 2.75) is 103 Å². The van der Waals surface area contributed by atoms with Crippen molar-refractivity contribution in [1.82, 2.24) is 4.90 Å². The highest BCUT2D eigenvalue weighted by atomic mass is 16.1. The van der Waals surface area contributed by atoms with Gasteiger partial charge >= 0.3 is 0 Å². The summed E-state index contributed by atoms with van der Waals surface area (Å²) in [4.78, 5) is 13.7. The summed E-state index contributed by atoms with van der Waals surface area (Å²) in [5.41, 5.74) is 0. The zero-order valence-electron chi connectivity index (χ0n) is 15.7. The average molecular weight is 312 g/mol. The Bertz CT molecular complexity index is 238. The number of carbonyl (C=O) groups excluding carboxylic acids is 1. The number of carbonyl (C=O) groups is 1. The molecule has 2 heteroatoms. The van der Waals surface area contributed by atoms with E-state index >= 15 is 0 Å². The molecule has 0 spiro atoms. The van der Waals surface area contributed by atoms with Gasteiger partial charge in [-0.1, -0.05) is 84.0 Å². The molecule has 0 aromatic carbocycles. The quantitative estimate of drug-likeness (QED) is 0.308. The van der Waals surface area contributed by atoms with Gasteiger partial charge in [-0.05, 0) is 20.5 Å². The fourth-order valence-corrected chi connectivity index (χ4v) is 2.81. The first-order valence-corrected chi connectivity index (χ1v) is 9.83. The molecule has 0 N–H and O–H groups in total. The van der Waals surface area contributed by atoms with Crippen molar-refractivity contribution in [1.29, 1.82) is 0 Å². The van der Waals surface area contributed by atoms with Gasteiger partial charge < -0.3 is 4.90 Å². The summed E-state index contributed by atoms with van der Waals surface area (Å²) >= 11 is 0. The minimum Gasteiger partial charge on any atom is -0.309 e. The summed E-state index contributed by atoms with van der Waals surface area (Å²) in [6, 6.07) is 0. The van der Waals surface area contributed by atoms with Gasteiger partial charge in [0.15, 0.2) is 0 Å². The SMILES string of the molecule is CCCCCCCCCCCCCCCC(=O)CCN(C)C. The van der Waals surface area contributed by atoms with Gasteiger partial charge in [-0.25, -0.2) is 0 Å². The minimum absolute atomic E-state index is 0.441. The van der Waals surface area contributed by atoms with Crippen molar-refractivity contribution >= 4 is 5.78 Å². The van der Waals surface area contributed by atoms with Crippen LogP contribution in [-0.4, -0.2) is 31.3 Å². The van der Waals surface area contributed by atoms with Crippen molar-refractivity contribution in [2.75, 3.05) is 20.6 Å². The summed E-state index contributed by atoms with van der Waals surface area (Å²) in [5.74, 6) is 0.441. The number of ketones is 1. The van der Waals surface area contributed by atoms with E-state index < -0.39 is 0 Å². The van der Waals surface area contributed by atoms with Crippen molar-refractivity contribution < 1.29 is 4.79 Å². The molecule has 0 aromatic rings. The molecule has 2 nitrogen and oxygen atoms in total. The molecular formula is C20H41NO. The van der Waals surface area contributed by atoms with Crippen LogP contribution in [0.1, 0.15) is 103 Å². The van der Waals surface area contributed by atoms with E-state index in [4.69, 9.17) is 0 Å². The lowest BCUT2D eigenvalue weighted by Gasteiger charge is -2.08. The Morgan fingerprint density at radius 2 is 1.05 bits per heavy atom. The van der Waals surface area contributed by atoms with E-state index in [9.17, 15) is 4.79 Å². The molecule has 0 amide bonds. The van der Waals surface area contributed by atoms with E-state index in [1.165, 1.54) is 77.0 Å². The predicted molar refractivity (Wildman–Crippen MR) is 98.5 cm³/mol. The molecule has 132 valence electrons. The number of hydrogen-bond acceptors (Lipinski definition) is 2. The molecule has 0 atom stereocenters. The smallest absolute Gasteiger partial charge is 0.134 e. The fourth-order valence-electron chi connectivity index (χ4n) is 2.81. The van der Waals surface area contributed by atoms with E-state index in [1.807, 2.05) is 14.1 Å². The summed E-state index contributed by atoms with van der Waals surface area (Å²) < 4.78 is 0. The Labute approximate surface area is 140 Å². The first kappa shape index (κ1) is 21.6. The molecule has 0 aliphatic heterocycles. The van der Waals surface area contributed by atoms with E-state index in [0.717, 1.165) is 25.8 Å². The topological polar surface area (TPSA) is 20.3 Å².